The van der Waals surface area contributed by atoms with Gasteiger partial charge in [0.15, 0.2) is 0 Å². The quantitative estimate of drug-likeness (QED) is 0.717. The van der Waals surface area contributed by atoms with Gasteiger partial charge in [0.1, 0.15) is 0 Å². The number of carbonyl (C=O) groups excluding carboxylic acids is 1. The van der Waals surface area contributed by atoms with Crippen molar-refractivity contribution in [1.29, 1.82) is 0 Å². The Morgan fingerprint density at radius 1 is 1.00 bits per heavy atom. The molecule has 4 heteroatoms. The zero-order valence-electron chi connectivity index (χ0n) is 14.4. The number of amides is 1. The van der Waals surface area contributed by atoms with Crippen molar-refractivity contribution in [2.45, 2.75) is 19.9 Å². The molecule has 0 aliphatic rings. The highest BCUT2D eigenvalue weighted by atomic mass is 16.1. The molecule has 0 aliphatic heterocycles. The number of nitrogens with zero attached hydrogens (tertiary/aromatic N) is 1. The Kier molecular flexibility index (Phi) is 5.09. The molecular weight excluding hydrogens is 310 g/mol. The van der Waals surface area contributed by atoms with Crippen LogP contribution in [0.15, 0.2) is 73.1 Å². The van der Waals surface area contributed by atoms with Crippen LogP contribution in [0.1, 0.15) is 34.5 Å². The van der Waals surface area contributed by atoms with E-state index in [1.807, 2.05) is 74.5 Å². The lowest BCUT2D eigenvalue weighted by molar-refractivity contribution is 0.0939. The van der Waals surface area contributed by atoms with Crippen molar-refractivity contribution in [2.75, 3.05) is 5.32 Å². The Hall–Kier alpha value is -3.14. The van der Waals surface area contributed by atoms with Gasteiger partial charge in [-0.1, -0.05) is 48.5 Å². The van der Waals surface area contributed by atoms with Crippen LogP contribution < -0.4 is 10.6 Å². The van der Waals surface area contributed by atoms with Crippen molar-refractivity contribution in [3.8, 4) is 0 Å². The Morgan fingerprint density at radius 3 is 2.48 bits per heavy atom. The molecular formula is C21H21N3O. The summed E-state index contributed by atoms with van der Waals surface area (Å²) < 4.78 is 0. The first-order chi connectivity index (χ1) is 12.1. The third-order valence-corrected chi connectivity index (χ3v) is 4.07. The molecule has 2 aromatic carbocycles. The van der Waals surface area contributed by atoms with E-state index in [4.69, 9.17) is 0 Å². The Balaban J connectivity index is 1.72. The second-order valence-electron chi connectivity index (χ2n) is 6.01. The number of hydrogen-bond donors (Lipinski definition) is 2. The summed E-state index contributed by atoms with van der Waals surface area (Å²) >= 11 is 0. The number of para-hydroxylation sites is 1. The van der Waals surface area contributed by atoms with E-state index < -0.39 is 0 Å². The largest absolute Gasteiger partial charge is 0.354 e. The molecule has 1 heterocycles. The predicted octanol–water partition coefficient (Wildman–Crippen LogP) is 4.62. The van der Waals surface area contributed by atoms with E-state index in [0.29, 0.717) is 5.56 Å². The number of aromatic nitrogens is 1. The van der Waals surface area contributed by atoms with E-state index in [1.165, 1.54) is 0 Å². The lowest BCUT2D eigenvalue weighted by Crippen LogP contribution is -2.26. The van der Waals surface area contributed by atoms with Crippen molar-refractivity contribution in [3.05, 3.63) is 89.7 Å². The lowest BCUT2D eigenvalue weighted by Gasteiger charge is -2.15. The fraction of sp³-hybridized carbons (Fsp3) is 0.143. The lowest BCUT2D eigenvalue weighted by atomic mass is 10.1. The summed E-state index contributed by atoms with van der Waals surface area (Å²) in [5, 5.41) is 6.32. The molecule has 0 radical (unpaired) electrons. The molecule has 1 aromatic heterocycles. The van der Waals surface area contributed by atoms with Gasteiger partial charge >= 0.3 is 0 Å². The second kappa shape index (κ2) is 7.62. The molecule has 3 rings (SSSR count). The highest BCUT2D eigenvalue weighted by molar-refractivity contribution is 5.95. The third kappa shape index (κ3) is 4.23. The van der Waals surface area contributed by atoms with Crippen LogP contribution in [0, 0.1) is 6.92 Å². The minimum absolute atomic E-state index is 0.0679. The van der Waals surface area contributed by atoms with Gasteiger partial charge in [0.05, 0.1) is 23.5 Å². The molecule has 1 amide bonds. The van der Waals surface area contributed by atoms with Crippen LogP contribution in [0.25, 0.3) is 0 Å². The first-order valence-corrected chi connectivity index (χ1v) is 8.27. The monoisotopic (exact) mass is 331 g/mol. The number of rotatable bonds is 5. The average molecular weight is 331 g/mol. The molecule has 0 bridgehead atoms. The SMILES string of the molecule is Cc1ccccc1Nc1cncc(C(=O)NC(C)c2ccccc2)c1. The first kappa shape index (κ1) is 16.7. The maximum atomic E-state index is 12.5. The molecule has 4 nitrogen and oxygen atoms in total. The molecule has 3 aromatic rings. The van der Waals surface area contributed by atoms with Gasteiger partial charge in [-0.05, 0) is 37.1 Å². The van der Waals surface area contributed by atoms with Gasteiger partial charge in [0.25, 0.3) is 5.91 Å². The molecule has 126 valence electrons. The minimum atomic E-state index is -0.141. The number of nitrogens with one attached hydrogen (secondary N) is 2. The summed E-state index contributed by atoms with van der Waals surface area (Å²) in [5.74, 6) is -0.141. The summed E-state index contributed by atoms with van der Waals surface area (Å²) in [7, 11) is 0. The molecule has 0 saturated carbocycles. The van der Waals surface area contributed by atoms with Crippen molar-refractivity contribution in [1.82, 2.24) is 10.3 Å². The first-order valence-electron chi connectivity index (χ1n) is 8.27. The van der Waals surface area contributed by atoms with Crippen LogP contribution in [0.2, 0.25) is 0 Å². The van der Waals surface area contributed by atoms with Crippen LogP contribution in [0.5, 0.6) is 0 Å². The molecule has 1 unspecified atom stereocenters. The maximum absolute atomic E-state index is 12.5. The number of benzene rings is 2. The van der Waals surface area contributed by atoms with Crippen LogP contribution in [0.4, 0.5) is 11.4 Å². The average Bonchev–Trinajstić information content (AvgIpc) is 2.64. The van der Waals surface area contributed by atoms with Gasteiger partial charge in [0, 0.05) is 11.9 Å². The van der Waals surface area contributed by atoms with Gasteiger partial charge in [0.2, 0.25) is 0 Å². The number of carbonyl (C=O) groups is 1. The van der Waals surface area contributed by atoms with Gasteiger partial charge in [-0.2, -0.15) is 0 Å². The summed E-state index contributed by atoms with van der Waals surface area (Å²) in [6.45, 7) is 4.00. The predicted molar refractivity (Wildman–Crippen MR) is 101 cm³/mol. The van der Waals surface area contributed by atoms with E-state index in [1.54, 1.807) is 12.4 Å². The molecule has 0 aliphatic carbocycles. The van der Waals surface area contributed by atoms with Crippen molar-refractivity contribution in [2.24, 2.45) is 0 Å². The van der Waals surface area contributed by atoms with Crippen molar-refractivity contribution < 1.29 is 4.79 Å². The standard InChI is InChI=1S/C21H21N3O/c1-15-8-6-7-11-20(15)24-19-12-18(13-22-14-19)21(25)23-16(2)17-9-4-3-5-10-17/h3-14,16,24H,1-2H3,(H,23,25). The number of anilines is 2. The van der Waals surface area contributed by atoms with E-state index in [9.17, 15) is 4.79 Å². The number of aryl methyl sites for hydroxylation is 1. The van der Waals surface area contributed by atoms with Gasteiger partial charge in [-0.3, -0.25) is 9.78 Å². The fourth-order valence-corrected chi connectivity index (χ4v) is 2.61. The van der Waals surface area contributed by atoms with Crippen molar-refractivity contribution in [3.63, 3.8) is 0 Å². The van der Waals surface area contributed by atoms with Crippen LogP contribution >= 0.6 is 0 Å². The second-order valence-corrected chi connectivity index (χ2v) is 6.01. The van der Waals surface area contributed by atoms with E-state index in [-0.39, 0.29) is 11.9 Å². The summed E-state index contributed by atoms with van der Waals surface area (Å²) in [5.41, 5.74) is 4.52. The topological polar surface area (TPSA) is 54.0 Å². The van der Waals surface area contributed by atoms with Gasteiger partial charge in [-0.25, -0.2) is 0 Å². The summed E-state index contributed by atoms with van der Waals surface area (Å²) in [6, 6.07) is 19.6. The van der Waals surface area contributed by atoms with Gasteiger partial charge < -0.3 is 10.6 Å². The number of hydrogen-bond acceptors (Lipinski definition) is 3. The van der Waals surface area contributed by atoms with Crippen molar-refractivity contribution >= 4 is 17.3 Å². The van der Waals surface area contributed by atoms with Crippen LogP contribution in [-0.2, 0) is 0 Å². The molecule has 0 spiro atoms. The van der Waals surface area contributed by atoms with Gasteiger partial charge in [-0.15, -0.1) is 0 Å². The molecule has 25 heavy (non-hydrogen) atoms. The highest BCUT2D eigenvalue weighted by Crippen LogP contribution is 2.20. The van der Waals surface area contributed by atoms with Crippen LogP contribution in [0.3, 0.4) is 0 Å². The zero-order valence-corrected chi connectivity index (χ0v) is 14.4. The fourth-order valence-electron chi connectivity index (χ4n) is 2.61. The van der Waals surface area contributed by atoms with E-state index >= 15 is 0 Å². The molecule has 1 atom stereocenters. The number of pyridine rings is 1. The zero-order chi connectivity index (χ0) is 17.6. The Bertz CT molecular complexity index is 862. The van der Waals surface area contributed by atoms with Crippen LogP contribution in [-0.4, -0.2) is 10.9 Å². The highest BCUT2D eigenvalue weighted by Gasteiger charge is 2.12. The normalized spacial score (nSPS) is 11.6. The summed E-state index contributed by atoms with van der Waals surface area (Å²) in [6.07, 6.45) is 3.29. The Morgan fingerprint density at radius 2 is 1.72 bits per heavy atom. The minimum Gasteiger partial charge on any atom is -0.354 e. The molecule has 0 fully saturated rings. The molecule has 0 saturated heterocycles. The Labute approximate surface area is 147 Å². The molecule has 2 N–H and O–H groups in total. The van der Waals surface area contributed by atoms with E-state index in [0.717, 1.165) is 22.5 Å². The summed E-state index contributed by atoms with van der Waals surface area (Å²) in [4.78, 5) is 16.7. The third-order valence-electron chi connectivity index (χ3n) is 4.07. The smallest absolute Gasteiger partial charge is 0.253 e. The maximum Gasteiger partial charge on any atom is 0.253 e. The van der Waals surface area contributed by atoms with E-state index in [2.05, 4.69) is 15.6 Å².